The van der Waals surface area contributed by atoms with Gasteiger partial charge in [-0.05, 0) is 5.41 Å². The molecule has 0 fully saturated rings. The van der Waals surface area contributed by atoms with Gasteiger partial charge in [-0.25, -0.2) is 0 Å². The zero-order valence-corrected chi connectivity index (χ0v) is 9.02. The summed E-state index contributed by atoms with van der Waals surface area (Å²) in [6.07, 6.45) is 0. The second-order valence-corrected chi connectivity index (χ2v) is 4.67. The van der Waals surface area contributed by atoms with Gasteiger partial charge in [0.15, 0.2) is 0 Å². The average Bonchev–Trinajstić information content (AvgIpc) is 1.60. The standard InChI is InChI=1S/C7H14INO/c1-5(10)9-6(8)7(2,3)4/h6H,1-4H3,(H,9,10). The molecule has 2 nitrogen and oxygen atoms in total. The predicted octanol–water partition coefficient (Wildman–Crippen LogP) is 1.93. The van der Waals surface area contributed by atoms with Crippen molar-refractivity contribution >= 4 is 28.5 Å². The van der Waals surface area contributed by atoms with Gasteiger partial charge >= 0.3 is 0 Å². The van der Waals surface area contributed by atoms with Crippen molar-refractivity contribution in [2.45, 2.75) is 31.7 Å². The molecule has 0 aromatic heterocycles. The molecule has 1 unspecified atom stereocenters. The molecule has 0 saturated heterocycles. The van der Waals surface area contributed by atoms with Crippen LogP contribution in [0.5, 0.6) is 0 Å². The van der Waals surface area contributed by atoms with E-state index in [9.17, 15) is 4.79 Å². The molecule has 0 aromatic rings. The quantitative estimate of drug-likeness (QED) is 0.433. The van der Waals surface area contributed by atoms with Crippen LogP contribution >= 0.6 is 22.6 Å². The molecule has 60 valence electrons. The fraction of sp³-hybridized carbons (Fsp3) is 0.857. The summed E-state index contributed by atoms with van der Waals surface area (Å²) >= 11 is 2.23. The maximum absolute atomic E-state index is 10.6. The van der Waals surface area contributed by atoms with Crippen LogP contribution in [-0.4, -0.2) is 9.96 Å². The number of halogens is 1. The molecule has 10 heavy (non-hydrogen) atoms. The molecule has 0 radical (unpaired) electrons. The summed E-state index contributed by atoms with van der Waals surface area (Å²) < 4.78 is 0.211. The third-order valence-corrected chi connectivity index (χ3v) is 3.27. The summed E-state index contributed by atoms with van der Waals surface area (Å²) in [5.74, 6) is 0.0364. The van der Waals surface area contributed by atoms with Crippen LogP contribution in [-0.2, 0) is 4.79 Å². The van der Waals surface area contributed by atoms with Gasteiger partial charge in [-0.1, -0.05) is 43.4 Å². The van der Waals surface area contributed by atoms with Crippen LogP contribution in [0.1, 0.15) is 27.7 Å². The van der Waals surface area contributed by atoms with Gasteiger partial charge in [-0.2, -0.15) is 0 Å². The van der Waals surface area contributed by atoms with Crippen LogP contribution in [0.2, 0.25) is 0 Å². The maximum Gasteiger partial charge on any atom is 0.217 e. The maximum atomic E-state index is 10.6. The monoisotopic (exact) mass is 255 g/mol. The fourth-order valence-electron chi connectivity index (χ4n) is 0.395. The summed E-state index contributed by atoms with van der Waals surface area (Å²) in [6.45, 7) is 7.83. The van der Waals surface area contributed by atoms with Crippen LogP contribution in [0.15, 0.2) is 0 Å². The number of carbonyl (C=O) groups is 1. The Hall–Kier alpha value is 0.200. The van der Waals surface area contributed by atoms with Crippen LogP contribution < -0.4 is 5.32 Å². The largest absolute Gasteiger partial charge is 0.344 e. The second-order valence-electron chi connectivity index (χ2n) is 3.43. The van der Waals surface area contributed by atoms with Crippen molar-refractivity contribution in [2.24, 2.45) is 5.41 Å². The zero-order valence-electron chi connectivity index (χ0n) is 6.86. The molecular formula is C7H14INO. The minimum Gasteiger partial charge on any atom is -0.344 e. The molecule has 1 amide bonds. The van der Waals surface area contributed by atoms with Gasteiger partial charge in [0.25, 0.3) is 0 Å². The van der Waals surface area contributed by atoms with Gasteiger partial charge < -0.3 is 5.32 Å². The molecular weight excluding hydrogens is 241 g/mol. The molecule has 0 spiro atoms. The van der Waals surface area contributed by atoms with E-state index < -0.39 is 0 Å². The molecule has 0 aromatic carbocycles. The fourth-order valence-corrected chi connectivity index (χ4v) is 0.834. The lowest BCUT2D eigenvalue weighted by molar-refractivity contribution is -0.119. The Morgan fingerprint density at radius 2 is 1.90 bits per heavy atom. The number of carbonyl (C=O) groups excluding carboxylic acids is 1. The van der Waals surface area contributed by atoms with Crippen LogP contribution in [0.25, 0.3) is 0 Å². The van der Waals surface area contributed by atoms with Crippen molar-refractivity contribution in [2.75, 3.05) is 0 Å². The minimum atomic E-state index is 0.0364. The second kappa shape index (κ2) is 3.55. The molecule has 3 heteroatoms. The van der Waals surface area contributed by atoms with E-state index in [0.717, 1.165) is 0 Å². The molecule has 1 N–H and O–H groups in total. The van der Waals surface area contributed by atoms with Gasteiger partial charge in [-0.15, -0.1) is 0 Å². The highest BCUT2D eigenvalue weighted by molar-refractivity contribution is 14.1. The van der Waals surface area contributed by atoms with Gasteiger partial charge in [0, 0.05) is 6.92 Å². The molecule has 0 saturated carbocycles. The number of alkyl halides is 1. The first-order chi connectivity index (χ1) is 4.34. The van der Waals surface area contributed by atoms with Gasteiger partial charge in [0.1, 0.15) is 0 Å². The Bertz CT molecular complexity index is 128. The van der Waals surface area contributed by atoms with Crippen LogP contribution in [0.3, 0.4) is 0 Å². The summed E-state index contributed by atoms with van der Waals surface area (Å²) in [5, 5.41) is 2.83. The number of amides is 1. The SMILES string of the molecule is CC(=O)NC(I)C(C)(C)C. The first-order valence-electron chi connectivity index (χ1n) is 3.25. The predicted molar refractivity (Wildman–Crippen MR) is 51.1 cm³/mol. The van der Waals surface area contributed by atoms with Crippen molar-refractivity contribution in [1.29, 1.82) is 0 Å². The zero-order chi connectivity index (χ0) is 8.36. The van der Waals surface area contributed by atoms with Crippen molar-refractivity contribution < 1.29 is 4.79 Å². The lowest BCUT2D eigenvalue weighted by Gasteiger charge is -2.25. The number of hydrogen-bond donors (Lipinski definition) is 1. The average molecular weight is 255 g/mol. The molecule has 0 rings (SSSR count). The van der Waals surface area contributed by atoms with Crippen LogP contribution in [0.4, 0.5) is 0 Å². The van der Waals surface area contributed by atoms with Crippen molar-refractivity contribution in [1.82, 2.24) is 5.32 Å². The third kappa shape index (κ3) is 4.09. The molecule has 0 aliphatic carbocycles. The third-order valence-electron chi connectivity index (χ3n) is 1.09. The van der Waals surface area contributed by atoms with Gasteiger partial charge in [0.2, 0.25) is 5.91 Å². The first-order valence-corrected chi connectivity index (χ1v) is 4.50. The van der Waals surface area contributed by atoms with Crippen LogP contribution in [0, 0.1) is 5.41 Å². The van der Waals surface area contributed by atoms with Gasteiger partial charge in [0.05, 0.1) is 4.05 Å². The first kappa shape index (κ1) is 10.2. The smallest absolute Gasteiger partial charge is 0.217 e. The van der Waals surface area contributed by atoms with E-state index in [1.54, 1.807) is 0 Å². The van der Waals surface area contributed by atoms with Gasteiger partial charge in [-0.3, -0.25) is 4.79 Å². The number of rotatable bonds is 1. The van der Waals surface area contributed by atoms with Crippen molar-refractivity contribution in [3.8, 4) is 0 Å². The Morgan fingerprint density at radius 3 is 2.00 bits per heavy atom. The number of hydrogen-bond acceptors (Lipinski definition) is 1. The summed E-state index contributed by atoms with van der Waals surface area (Å²) in [6, 6.07) is 0. The topological polar surface area (TPSA) is 29.1 Å². The lowest BCUT2D eigenvalue weighted by atomic mass is 9.97. The highest BCUT2D eigenvalue weighted by atomic mass is 127. The Balaban J connectivity index is 3.85. The summed E-state index contributed by atoms with van der Waals surface area (Å²) in [4.78, 5) is 10.6. The van der Waals surface area contributed by atoms with Crippen molar-refractivity contribution in [3.05, 3.63) is 0 Å². The van der Waals surface area contributed by atoms with E-state index >= 15 is 0 Å². The van der Waals surface area contributed by atoms with E-state index in [1.165, 1.54) is 6.92 Å². The van der Waals surface area contributed by atoms with E-state index in [4.69, 9.17) is 0 Å². The summed E-state index contributed by atoms with van der Waals surface area (Å²) in [5.41, 5.74) is 0.145. The van der Waals surface area contributed by atoms with E-state index in [1.807, 2.05) is 0 Å². The normalized spacial score (nSPS) is 14.5. The Kier molecular flexibility index (Phi) is 3.62. The highest BCUT2D eigenvalue weighted by Crippen LogP contribution is 2.23. The molecule has 1 atom stereocenters. The lowest BCUT2D eigenvalue weighted by Crippen LogP contribution is -2.37. The summed E-state index contributed by atoms with van der Waals surface area (Å²) in [7, 11) is 0. The molecule has 0 bridgehead atoms. The molecule has 0 aliphatic rings. The van der Waals surface area contributed by atoms with E-state index in [0.29, 0.717) is 0 Å². The van der Waals surface area contributed by atoms with E-state index in [-0.39, 0.29) is 15.4 Å². The minimum absolute atomic E-state index is 0.0364. The Labute approximate surface area is 75.9 Å². The highest BCUT2D eigenvalue weighted by Gasteiger charge is 2.21. The Morgan fingerprint density at radius 1 is 1.50 bits per heavy atom. The van der Waals surface area contributed by atoms with Crippen molar-refractivity contribution in [3.63, 3.8) is 0 Å². The molecule has 0 aliphatic heterocycles. The molecule has 0 heterocycles. The number of nitrogens with one attached hydrogen (secondary N) is 1. The van der Waals surface area contributed by atoms with E-state index in [2.05, 4.69) is 48.7 Å².